The highest BCUT2D eigenvalue weighted by atomic mass is 79.9. The zero-order valence-corrected chi connectivity index (χ0v) is 20.2. The van der Waals surface area contributed by atoms with Crippen molar-refractivity contribution in [1.29, 1.82) is 0 Å². The van der Waals surface area contributed by atoms with E-state index in [2.05, 4.69) is 25.8 Å². The number of hydrogen-bond acceptors (Lipinski definition) is 5. The highest BCUT2D eigenvalue weighted by molar-refractivity contribution is 9.10. The summed E-state index contributed by atoms with van der Waals surface area (Å²) in [5, 5.41) is 0.913. The first-order valence-corrected chi connectivity index (χ1v) is 12.1. The number of carbonyl (C=O) groups excluding carboxylic acids is 1. The van der Waals surface area contributed by atoms with Gasteiger partial charge >= 0.3 is 0 Å². The summed E-state index contributed by atoms with van der Waals surface area (Å²) < 4.78 is 18.1. The average molecular weight is 521 g/mol. The van der Waals surface area contributed by atoms with Crippen LogP contribution in [-0.2, 0) is 4.74 Å². The molecule has 34 heavy (non-hydrogen) atoms. The van der Waals surface area contributed by atoms with Gasteiger partial charge in [-0.2, -0.15) is 0 Å². The Morgan fingerprint density at radius 2 is 1.71 bits per heavy atom. The summed E-state index contributed by atoms with van der Waals surface area (Å²) in [5.74, 6) is 2.12. The Morgan fingerprint density at radius 3 is 2.47 bits per heavy atom. The van der Waals surface area contributed by atoms with Gasteiger partial charge in [0.25, 0.3) is 0 Å². The van der Waals surface area contributed by atoms with Crippen molar-refractivity contribution in [2.75, 3.05) is 39.5 Å². The first-order valence-electron chi connectivity index (χ1n) is 11.3. The Hall–Kier alpha value is -3.13. The summed E-state index contributed by atoms with van der Waals surface area (Å²) in [7, 11) is 0. The van der Waals surface area contributed by atoms with Crippen molar-refractivity contribution in [3.8, 4) is 17.2 Å². The number of carbonyl (C=O) groups is 1. The number of aromatic nitrogens is 1. The summed E-state index contributed by atoms with van der Waals surface area (Å²) in [6.07, 6.45) is 0. The zero-order valence-electron chi connectivity index (χ0n) is 18.6. The van der Waals surface area contributed by atoms with E-state index in [9.17, 15) is 4.79 Å². The Kier molecular flexibility index (Phi) is 6.94. The first kappa shape index (κ1) is 22.7. The first-order chi connectivity index (χ1) is 16.7. The molecule has 1 saturated heterocycles. The number of aromatic amines is 1. The fraction of sp³-hybridized carbons (Fsp3) is 0.222. The molecule has 1 aromatic heterocycles. The second-order valence-electron chi connectivity index (χ2n) is 8.09. The third kappa shape index (κ3) is 5.17. The normalized spacial score (nSPS) is 14.3. The number of para-hydroxylation sites is 1. The lowest BCUT2D eigenvalue weighted by Gasteiger charge is -2.26. The van der Waals surface area contributed by atoms with Crippen LogP contribution in [0.25, 0.3) is 10.9 Å². The number of nitrogens with zero attached hydrogens (tertiary/aromatic N) is 1. The molecule has 0 bridgehead atoms. The minimum Gasteiger partial charge on any atom is -0.491 e. The number of ether oxygens (including phenoxy) is 3. The van der Waals surface area contributed by atoms with E-state index in [-0.39, 0.29) is 5.78 Å². The maximum Gasteiger partial charge on any atom is 0.209 e. The van der Waals surface area contributed by atoms with Crippen molar-refractivity contribution in [3.63, 3.8) is 0 Å². The molecule has 1 fully saturated rings. The summed E-state index contributed by atoms with van der Waals surface area (Å²) >= 11 is 3.66. The van der Waals surface area contributed by atoms with Gasteiger partial charge in [0, 0.05) is 36.1 Å². The predicted molar refractivity (Wildman–Crippen MR) is 135 cm³/mol. The third-order valence-electron chi connectivity index (χ3n) is 5.81. The molecule has 1 aliphatic rings. The smallest absolute Gasteiger partial charge is 0.209 e. The quantitative estimate of drug-likeness (QED) is 0.303. The van der Waals surface area contributed by atoms with Crippen LogP contribution in [0.1, 0.15) is 16.1 Å². The number of benzene rings is 3. The molecule has 1 N–H and O–H groups in total. The molecular weight excluding hydrogens is 496 g/mol. The number of nitrogens with one attached hydrogen (secondary N) is 1. The number of rotatable bonds is 8. The number of fused-ring (bicyclic) bond motifs is 1. The van der Waals surface area contributed by atoms with E-state index in [1.807, 2.05) is 48.5 Å². The second-order valence-corrected chi connectivity index (χ2v) is 8.89. The third-order valence-corrected chi connectivity index (χ3v) is 6.63. The zero-order chi connectivity index (χ0) is 23.3. The van der Waals surface area contributed by atoms with Crippen LogP contribution >= 0.6 is 15.9 Å². The van der Waals surface area contributed by atoms with Gasteiger partial charge in [-0.15, -0.1) is 0 Å². The molecule has 0 saturated carbocycles. The van der Waals surface area contributed by atoms with E-state index < -0.39 is 0 Å². The topological polar surface area (TPSA) is 63.8 Å². The van der Waals surface area contributed by atoms with Crippen LogP contribution in [-0.4, -0.2) is 55.1 Å². The monoisotopic (exact) mass is 520 g/mol. The lowest BCUT2D eigenvalue weighted by molar-refractivity contribution is 0.0322. The molecule has 6 nitrogen and oxygen atoms in total. The van der Waals surface area contributed by atoms with Gasteiger partial charge in [0.15, 0.2) is 0 Å². The number of H-pyrrole nitrogens is 1. The van der Waals surface area contributed by atoms with Crippen molar-refractivity contribution >= 4 is 32.6 Å². The Bertz CT molecular complexity index is 1270. The van der Waals surface area contributed by atoms with E-state index >= 15 is 0 Å². The molecule has 0 aliphatic carbocycles. The molecule has 0 atom stereocenters. The van der Waals surface area contributed by atoms with Gasteiger partial charge in [-0.05, 0) is 70.5 Å². The molecule has 174 valence electrons. The van der Waals surface area contributed by atoms with Crippen LogP contribution in [0.3, 0.4) is 0 Å². The molecule has 5 rings (SSSR count). The van der Waals surface area contributed by atoms with Crippen LogP contribution in [0.5, 0.6) is 17.2 Å². The van der Waals surface area contributed by atoms with Crippen molar-refractivity contribution in [3.05, 3.63) is 88.5 Å². The number of hydrogen-bond donors (Lipinski definition) is 1. The summed E-state index contributed by atoms with van der Waals surface area (Å²) in [6.45, 7) is 4.88. The van der Waals surface area contributed by atoms with Crippen LogP contribution < -0.4 is 9.47 Å². The number of morpholine rings is 1. The van der Waals surface area contributed by atoms with Gasteiger partial charge in [0.1, 0.15) is 23.9 Å². The van der Waals surface area contributed by atoms with E-state index in [0.29, 0.717) is 23.6 Å². The van der Waals surface area contributed by atoms with E-state index in [0.717, 1.165) is 59.7 Å². The van der Waals surface area contributed by atoms with Gasteiger partial charge in [0.2, 0.25) is 5.78 Å². The van der Waals surface area contributed by atoms with Crippen molar-refractivity contribution in [2.24, 2.45) is 0 Å². The minimum atomic E-state index is -0.0795. The van der Waals surface area contributed by atoms with Gasteiger partial charge in [-0.3, -0.25) is 9.69 Å². The SMILES string of the molecule is O=C(c1ccc(Oc2ccccc2)cc1)c1cc2c(Br)c(OCCN3CCOCC3)ccc2[nH]1. The highest BCUT2D eigenvalue weighted by Crippen LogP contribution is 2.34. The molecular formula is C27H25BrN2O4. The molecule has 4 aromatic rings. The summed E-state index contributed by atoms with van der Waals surface area (Å²) in [5.41, 5.74) is 1.99. The van der Waals surface area contributed by atoms with Crippen LogP contribution in [0.4, 0.5) is 0 Å². The molecule has 0 amide bonds. The maximum atomic E-state index is 13.1. The van der Waals surface area contributed by atoms with Gasteiger partial charge in [0.05, 0.1) is 23.4 Å². The molecule has 2 heterocycles. The fourth-order valence-corrected chi connectivity index (χ4v) is 4.52. The van der Waals surface area contributed by atoms with Crippen molar-refractivity contribution in [2.45, 2.75) is 0 Å². The number of ketones is 1. The summed E-state index contributed by atoms with van der Waals surface area (Å²) in [4.78, 5) is 18.7. The molecule has 1 aliphatic heterocycles. The van der Waals surface area contributed by atoms with Gasteiger partial charge < -0.3 is 19.2 Å². The Morgan fingerprint density at radius 1 is 0.971 bits per heavy atom. The largest absolute Gasteiger partial charge is 0.491 e. The van der Waals surface area contributed by atoms with E-state index in [1.54, 1.807) is 24.3 Å². The van der Waals surface area contributed by atoms with Crippen LogP contribution in [0, 0.1) is 0 Å². The molecule has 0 radical (unpaired) electrons. The maximum absolute atomic E-state index is 13.1. The van der Waals surface area contributed by atoms with Gasteiger partial charge in [-0.25, -0.2) is 0 Å². The van der Waals surface area contributed by atoms with Crippen LogP contribution in [0.2, 0.25) is 0 Å². The second kappa shape index (κ2) is 10.4. The Balaban J connectivity index is 1.27. The lowest BCUT2D eigenvalue weighted by atomic mass is 10.1. The van der Waals surface area contributed by atoms with Crippen molar-refractivity contribution in [1.82, 2.24) is 9.88 Å². The molecule has 7 heteroatoms. The standard InChI is InChI=1S/C27H25BrN2O4/c28-26-22-18-24(27(31)19-6-8-21(9-7-19)34-20-4-2-1-3-5-20)29-23(22)10-11-25(26)33-17-14-30-12-15-32-16-13-30/h1-11,18,29H,12-17H2. The Labute approximate surface area is 206 Å². The number of halogens is 1. The lowest BCUT2D eigenvalue weighted by Crippen LogP contribution is -2.38. The van der Waals surface area contributed by atoms with Crippen LogP contribution in [0.15, 0.2) is 77.3 Å². The van der Waals surface area contributed by atoms with Gasteiger partial charge in [-0.1, -0.05) is 18.2 Å². The predicted octanol–water partition coefficient (Wildman–Crippen LogP) is 5.66. The molecule has 0 unspecified atom stereocenters. The molecule has 0 spiro atoms. The highest BCUT2D eigenvalue weighted by Gasteiger charge is 2.16. The van der Waals surface area contributed by atoms with E-state index in [4.69, 9.17) is 14.2 Å². The summed E-state index contributed by atoms with van der Waals surface area (Å²) in [6, 6.07) is 22.5. The average Bonchev–Trinajstić information content (AvgIpc) is 3.32. The minimum absolute atomic E-state index is 0.0795. The van der Waals surface area contributed by atoms with Crippen molar-refractivity contribution < 1.29 is 19.0 Å². The van der Waals surface area contributed by atoms with E-state index in [1.165, 1.54) is 0 Å². The fourth-order valence-electron chi connectivity index (χ4n) is 3.95. The molecule has 3 aromatic carbocycles.